The summed E-state index contributed by atoms with van der Waals surface area (Å²) in [6.07, 6.45) is 11.1. The van der Waals surface area contributed by atoms with Crippen LogP contribution in [-0.2, 0) is 0 Å². The second-order valence-electron chi connectivity index (χ2n) is 3.72. The third kappa shape index (κ3) is 5.22. The third-order valence-electron chi connectivity index (χ3n) is 2.34. The summed E-state index contributed by atoms with van der Waals surface area (Å²) < 4.78 is 0. The molecular formula is C15H21NS. The quantitative estimate of drug-likeness (QED) is 0.713. The average molecular weight is 247 g/mol. The monoisotopic (exact) mass is 247 g/mol. The first kappa shape index (κ1) is 14.0. The van der Waals surface area contributed by atoms with E-state index in [1.807, 2.05) is 20.0 Å². The van der Waals surface area contributed by atoms with Crippen LogP contribution in [-0.4, -0.2) is 10.7 Å². The number of nitrogens with zero attached hydrogens (tertiary/aromatic N) is 1. The molecule has 0 spiro atoms. The number of aromatic nitrogens is 1. The maximum absolute atomic E-state index is 4.37. The highest BCUT2D eigenvalue weighted by Crippen LogP contribution is 2.21. The summed E-state index contributed by atoms with van der Waals surface area (Å²) in [6.45, 7) is 6.06. The van der Waals surface area contributed by atoms with E-state index in [1.54, 1.807) is 11.8 Å². The standard InChI is InChI=1S/C13H15NS.C2H6/c1-11-7-8-13(14-9-11)15-10-12-5-3-2-4-6-12;1-2/h3,5-9H,2,4,10H2,1H3;1-2H3. The molecule has 1 aliphatic carbocycles. The lowest BCUT2D eigenvalue weighted by molar-refractivity contribution is 1.02. The number of aryl methyl sites for hydroxylation is 1. The number of thioether (sulfide) groups is 1. The van der Waals surface area contributed by atoms with Gasteiger partial charge in [0.2, 0.25) is 0 Å². The van der Waals surface area contributed by atoms with E-state index in [0.717, 1.165) is 10.8 Å². The van der Waals surface area contributed by atoms with Crippen LogP contribution in [0.3, 0.4) is 0 Å². The fourth-order valence-corrected chi connectivity index (χ4v) is 2.29. The van der Waals surface area contributed by atoms with Crippen LogP contribution in [0.1, 0.15) is 32.3 Å². The zero-order valence-corrected chi connectivity index (χ0v) is 11.8. The summed E-state index contributed by atoms with van der Waals surface area (Å²) in [5, 5.41) is 1.11. The summed E-state index contributed by atoms with van der Waals surface area (Å²) in [4.78, 5) is 4.37. The predicted molar refractivity (Wildman–Crippen MR) is 77.5 cm³/mol. The number of pyridine rings is 1. The lowest BCUT2D eigenvalue weighted by Crippen LogP contribution is -1.89. The second-order valence-corrected chi connectivity index (χ2v) is 4.72. The Bertz CT molecular complexity index is 376. The van der Waals surface area contributed by atoms with E-state index < -0.39 is 0 Å². The summed E-state index contributed by atoms with van der Waals surface area (Å²) in [6, 6.07) is 4.20. The van der Waals surface area contributed by atoms with Crippen LogP contribution in [0.4, 0.5) is 0 Å². The molecule has 2 rings (SSSR count). The summed E-state index contributed by atoms with van der Waals surface area (Å²) >= 11 is 1.80. The van der Waals surface area contributed by atoms with E-state index in [0.29, 0.717) is 0 Å². The van der Waals surface area contributed by atoms with Crippen molar-refractivity contribution in [1.82, 2.24) is 4.98 Å². The number of hydrogen-bond acceptors (Lipinski definition) is 2. The van der Waals surface area contributed by atoms with Crippen LogP contribution >= 0.6 is 11.8 Å². The summed E-state index contributed by atoms with van der Waals surface area (Å²) in [5.41, 5.74) is 2.64. The molecule has 0 unspecified atom stereocenters. The van der Waals surface area contributed by atoms with Gasteiger partial charge in [0.25, 0.3) is 0 Å². The van der Waals surface area contributed by atoms with Crippen molar-refractivity contribution in [3.05, 3.63) is 47.7 Å². The van der Waals surface area contributed by atoms with Crippen LogP contribution < -0.4 is 0 Å². The zero-order valence-electron chi connectivity index (χ0n) is 10.9. The fourth-order valence-electron chi connectivity index (χ4n) is 1.47. The Hall–Kier alpha value is -1.02. The molecule has 0 aliphatic heterocycles. The van der Waals surface area contributed by atoms with Gasteiger partial charge in [-0.1, -0.05) is 38.1 Å². The molecule has 1 aromatic heterocycles. The molecule has 2 heteroatoms. The van der Waals surface area contributed by atoms with E-state index in [4.69, 9.17) is 0 Å². The number of rotatable bonds is 3. The lowest BCUT2D eigenvalue weighted by atomic mass is 10.1. The van der Waals surface area contributed by atoms with Gasteiger partial charge in [0, 0.05) is 11.9 Å². The number of allylic oxidation sites excluding steroid dienone is 3. The van der Waals surface area contributed by atoms with Crippen molar-refractivity contribution in [1.29, 1.82) is 0 Å². The maximum Gasteiger partial charge on any atom is 0.0963 e. The van der Waals surface area contributed by atoms with Crippen molar-refractivity contribution in [2.75, 3.05) is 5.75 Å². The lowest BCUT2D eigenvalue weighted by Gasteiger charge is -2.06. The van der Waals surface area contributed by atoms with E-state index in [-0.39, 0.29) is 0 Å². The first-order valence-corrected chi connectivity index (χ1v) is 7.24. The molecule has 1 aromatic rings. The Labute approximate surface area is 109 Å². The molecule has 0 amide bonds. The molecule has 0 saturated heterocycles. The third-order valence-corrected chi connectivity index (χ3v) is 3.36. The molecule has 0 fully saturated rings. The van der Waals surface area contributed by atoms with Gasteiger partial charge < -0.3 is 0 Å². The Morgan fingerprint density at radius 3 is 2.65 bits per heavy atom. The highest BCUT2D eigenvalue weighted by Gasteiger charge is 2.00. The molecule has 1 heterocycles. The minimum Gasteiger partial charge on any atom is -0.250 e. The van der Waals surface area contributed by atoms with E-state index >= 15 is 0 Å². The van der Waals surface area contributed by atoms with Crippen LogP contribution in [0.5, 0.6) is 0 Å². The molecule has 1 aliphatic rings. The van der Waals surface area contributed by atoms with Crippen molar-refractivity contribution in [3.8, 4) is 0 Å². The minimum absolute atomic E-state index is 1.03. The van der Waals surface area contributed by atoms with Gasteiger partial charge in [-0.15, -0.1) is 11.8 Å². The molecular weight excluding hydrogens is 226 g/mol. The van der Waals surface area contributed by atoms with Crippen LogP contribution in [0.25, 0.3) is 0 Å². The molecule has 1 nitrogen and oxygen atoms in total. The van der Waals surface area contributed by atoms with E-state index in [9.17, 15) is 0 Å². The Morgan fingerprint density at radius 2 is 2.06 bits per heavy atom. The molecule has 0 saturated carbocycles. The van der Waals surface area contributed by atoms with Crippen LogP contribution in [0.2, 0.25) is 0 Å². The molecule has 0 N–H and O–H groups in total. The van der Waals surface area contributed by atoms with E-state index in [2.05, 4.69) is 42.3 Å². The van der Waals surface area contributed by atoms with Gasteiger partial charge in [-0.2, -0.15) is 0 Å². The van der Waals surface area contributed by atoms with Gasteiger partial charge in [0.05, 0.1) is 5.03 Å². The molecule has 92 valence electrons. The van der Waals surface area contributed by atoms with Gasteiger partial charge >= 0.3 is 0 Å². The van der Waals surface area contributed by atoms with Crippen molar-refractivity contribution < 1.29 is 0 Å². The molecule has 0 atom stereocenters. The first-order valence-electron chi connectivity index (χ1n) is 6.25. The smallest absolute Gasteiger partial charge is 0.0963 e. The van der Waals surface area contributed by atoms with Crippen molar-refractivity contribution in [2.24, 2.45) is 0 Å². The zero-order chi connectivity index (χ0) is 12.5. The second kappa shape index (κ2) is 8.13. The maximum atomic E-state index is 4.37. The average Bonchev–Trinajstić information content (AvgIpc) is 2.42. The van der Waals surface area contributed by atoms with Crippen molar-refractivity contribution in [2.45, 2.75) is 38.6 Å². The van der Waals surface area contributed by atoms with Gasteiger partial charge in [-0.3, -0.25) is 0 Å². The minimum atomic E-state index is 1.03. The molecule has 0 aromatic carbocycles. The van der Waals surface area contributed by atoms with Gasteiger partial charge in [0.15, 0.2) is 0 Å². The van der Waals surface area contributed by atoms with Gasteiger partial charge in [0.1, 0.15) is 0 Å². The largest absolute Gasteiger partial charge is 0.250 e. The highest BCUT2D eigenvalue weighted by atomic mass is 32.2. The van der Waals surface area contributed by atoms with Gasteiger partial charge in [-0.05, 0) is 37.0 Å². The Balaban J connectivity index is 0.000000686. The SMILES string of the molecule is CC.Cc1ccc(SCC2=CCCC=C2)nc1. The Kier molecular flexibility index (Phi) is 6.71. The Morgan fingerprint density at radius 1 is 1.24 bits per heavy atom. The molecule has 0 bridgehead atoms. The van der Waals surface area contributed by atoms with Crippen molar-refractivity contribution >= 4 is 11.8 Å². The molecule has 17 heavy (non-hydrogen) atoms. The predicted octanol–water partition coefficient (Wildman–Crippen LogP) is 4.78. The fraction of sp³-hybridized carbons (Fsp3) is 0.400. The van der Waals surface area contributed by atoms with Crippen LogP contribution in [0, 0.1) is 6.92 Å². The first-order chi connectivity index (χ1) is 8.34. The van der Waals surface area contributed by atoms with Crippen molar-refractivity contribution in [3.63, 3.8) is 0 Å². The number of hydrogen-bond donors (Lipinski definition) is 0. The highest BCUT2D eigenvalue weighted by molar-refractivity contribution is 7.99. The van der Waals surface area contributed by atoms with Crippen LogP contribution in [0.15, 0.2) is 47.2 Å². The molecule has 0 radical (unpaired) electrons. The summed E-state index contributed by atoms with van der Waals surface area (Å²) in [7, 11) is 0. The normalized spacial score (nSPS) is 13.7. The van der Waals surface area contributed by atoms with Gasteiger partial charge in [-0.25, -0.2) is 4.98 Å². The van der Waals surface area contributed by atoms with E-state index in [1.165, 1.54) is 24.0 Å². The topological polar surface area (TPSA) is 12.9 Å². The summed E-state index contributed by atoms with van der Waals surface area (Å²) in [5.74, 6) is 1.03.